The number of aliphatic hydroxyl groups is 3. The number of carbonyl (C=O) groups excluding carboxylic acids is 1. The number of unbranched alkanes of at least 4 members (excludes halogenated alkanes) is 2. The molecule has 0 heterocycles. The summed E-state index contributed by atoms with van der Waals surface area (Å²) in [6.07, 6.45) is 1.65. The molecule has 0 saturated heterocycles. The number of carbonyl (C=O) groups is 2. The van der Waals surface area contributed by atoms with E-state index in [1.165, 1.54) is 24.3 Å². The highest BCUT2D eigenvalue weighted by atomic mass is 16.6. The zero-order valence-corrected chi connectivity index (χ0v) is 14.1. The summed E-state index contributed by atoms with van der Waals surface area (Å²) in [4.78, 5) is 23.1. The molecule has 0 saturated carbocycles. The molecule has 2 unspecified atom stereocenters. The van der Waals surface area contributed by atoms with E-state index in [0.717, 1.165) is 6.42 Å². The van der Waals surface area contributed by atoms with E-state index in [1.54, 1.807) is 0 Å². The molecule has 4 N–H and O–H groups in total. The van der Waals surface area contributed by atoms with Gasteiger partial charge in [-0.3, -0.25) is 0 Å². The van der Waals surface area contributed by atoms with Crippen molar-refractivity contribution in [2.45, 2.75) is 50.7 Å². The summed E-state index contributed by atoms with van der Waals surface area (Å²) < 4.78 is 5.40. The number of aliphatic hydroxyl groups excluding tert-OH is 3. The van der Waals surface area contributed by atoms with Crippen molar-refractivity contribution < 1.29 is 34.8 Å². The van der Waals surface area contributed by atoms with E-state index in [9.17, 15) is 14.7 Å². The molecule has 1 aromatic carbocycles. The van der Waals surface area contributed by atoms with E-state index in [2.05, 4.69) is 0 Å². The maximum absolute atomic E-state index is 12.2. The summed E-state index contributed by atoms with van der Waals surface area (Å²) in [6, 6.07) is 5.37. The van der Waals surface area contributed by atoms with E-state index >= 15 is 0 Å². The predicted octanol–water partition coefficient (Wildman–Crippen LogP) is 1.60. The predicted molar refractivity (Wildman–Crippen MR) is 90.5 cm³/mol. The maximum Gasteiger partial charge on any atom is 0.338 e. The van der Waals surface area contributed by atoms with Gasteiger partial charge in [0.25, 0.3) is 0 Å². The van der Waals surface area contributed by atoms with Crippen LogP contribution >= 0.6 is 0 Å². The average molecular weight is 354 g/mol. The Kier molecular flexibility index (Phi) is 9.76. The molecule has 0 aliphatic rings. The molecule has 1 aromatic rings. The first-order valence-corrected chi connectivity index (χ1v) is 8.43. The molecule has 25 heavy (non-hydrogen) atoms. The van der Waals surface area contributed by atoms with Crippen LogP contribution in [0.25, 0.3) is 0 Å². The Labute approximate surface area is 146 Å². The summed E-state index contributed by atoms with van der Waals surface area (Å²) in [7, 11) is 0. The molecule has 0 spiro atoms. The van der Waals surface area contributed by atoms with Gasteiger partial charge in [-0.1, -0.05) is 6.42 Å². The van der Waals surface area contributed by atoms with Crippen LogP contribution in [0.3, 0.4) is 0 Å². The Morgan fingerprint density at radius 2 is 1.48 bits per heavy atom. The van der Waals surface area contributed by atoms with Crippen LogP contribution in [-0.2, 0) is 4.74 Å². The van der Waals surface area contributed by atoms with E-state index in [1.807, 2.05) is 0 Å². The van der Waals surface area contributed by atoms with Gasteiger partial charge in [0, 0.05) is 13.2 Å². The zero-order chi connectivity index (χ0) is 18.7. The van der Waals surface area contributed by atoms with Gasteiger partial charge in [0.05, 0.1) is 17.2 Å². The summed E-state index contributed by atoms with van der Waals surface area (Å²) >= 11 is 0. The van der Waals surface area contributed by atoms with Crippen LogP contribution in [0.15, 0.2) is 24.3 Å². The first-order valence-electron chi connectivity index (χ1n) is 8.43. The summed E-state index contributed by atoms with van der Waals surface area (Å²) in [5.41, 5.74) is 0.278. The maximum atomic E-state index is 12.2. The molecule has 1 rings (SSSR count). The summed E-state index contributed by atoms with van der Waals surface area (Å²) in [5, 5.41) is 36.7. The van der Waals surface area contributed by atoms with Crippen molar-refractivity contribution >= 4 is 11.9 Å². The second kappa shape index (κ2) is 11.6. The lowest BCUT2D eigenvalue weighted by molar-refractivity contribution is -0.0267. The van der Waals surface area contributed by atoms with Crippen molar-refractivity contribution in [2.75, 3.05) is 13.2 Å². The molecule has 2 atom stereocenters. The van der Waals surface area contributed by atoms with Gasteiger partial charge in [-0.15, -0.1) is 0 Å². The number of hydrogen-bond donors (Lipinski definition) is 4. The minimum Gasteiger partial charge on any atom is -0.478 e. The summed E-state index contributed by atoms with van der Waals surface area (Å²) in [6.45, 7) is 0.0341. The third-order valence-corrected chi connectivity index (χ3v) is 3.86. The highest BCUT2D eigenvalue weighted by molar-refractivity contribution is 5.92. The standard InChI is InChI=1S/C18H26O7/c19-11-3-1-2-6-16(15(21)5-4-12-20)25-18(24)14-9-7-13(8-10-14)17(22)23/h7-10,15-16,19-21H,1-6,11-12H2,(H,22,23). The molecule has 0 aromatic heterocycles. The summed E-state index contributed by atoms with van der Waals surface area (Å²) in [5.74, 6) is -1.71. The molecule has 0 radical (unpaired) electrons. The van der Waals surface area contributed by atoms with Crippen LogP contribution in [-0.4, -0.2) is 57.8 Å². The fraction of sp³-hybridized carbons (Fsp3) is 0.556. The molecule has 0 aliphatic heterocycles. The van der Waals surface area contributed by atoms with E-state index < -0.39 is 24.1 Å². The van der Waals surface area contributed by atoms with Gasteiger partial charge in [0.1, 0.15) is 6.10 Å². The van der Waals surface area contributed by atoms with Gasteiger partial charge in [-0.2, -0.15) is 0 Å². The van der Waals surface area contributed by atoms with Crippen LogP contribution in [0.4, 0.5) is 0 Å². The topological polar surface area (TPSA) is 124 Å². The highest BCUT2D eigenvalue weighted by Gasteiger charge is 2.23. The number of carboxylic acid groups (broad SMARTS) is 1. The Hall–Kier alpha value is -1.96. The van der Waals surface area contributed by atoms with Gasteiger partial charge in [-0.05, 0) is 56.4 Å². The Balaban J connectivity index is 2.69. The van der Waals surface area contributed by atoms with Gasteiger partial charge in [0.2, 0.25) is 0 Å². The smallest absolute Gasteiger partial charge is 0.338 e. The second-order valence-electron chi connectivity index (χ2n) is 5.83. The first-order chi connectivity index (χ1) is 12.0. The second-order valence-corrected chi connectivity index (χ2v) is 5.83. The van der Waals surface area contributed by atoms with Crippen LogP contribution in [0.5, 0.6) is 0 Å². The minimum atomic E-state index is -1.08. The molecule has 140 valence electrons. The van der Waals surface area contributed by atoms with Crippen LogP contribution in [0, 0.1) is 0 Å². The molecule has 0 fully saturated rings. The van der Waals surface area contributed by atoms with Crippen LogP contribution < -0.4 is 0 Å². The largest absolute Gasteiger partial charge is 0.478 e. The van der Waals surface area contributed by atoms with Crippen molar-refractivity contribution in [1.82, 2.24) is 0 Å². The number of carboxylic acids is 1. The van der Waals surface area contributed by atoms with E-state index in [4.69, 9.17) is 20.1 Å². The number of hydrogen-bond acceptors (Lipinski definition) is 6. The van der Waals surface area contributed by atoms with Gasteiger partial charge < -0.3 is 25.2 Å². The average Bonchev–Trinajstić information content (AvgIpc) is 2.62. The van der Waals surface area contributed by atoms with Crippen molar-refractivity contribution in [2.24, 2.45) is 0 Å². The highest BCUT2D eigenvalue weighted by Crippen LogP contribution is 2.17. The number of ether oxygens (including phenoxy) is 1. The Morgan fingerprint density at radius 1 is 0.880 bits per heavy atom. The molecule has 0 aliphatic carbocycles. The zero-order valence-electron chi connectivity index (χ0n) is 14.1. The van der Waals surface area contributed by atoms with Crippen molar-refractivity contribution in [1.29, 1.82) is 0 Å². The number of esters is 1. The molecule has 0 bridgehead atoms. The quantitative estimate of drug-likeness (QED) is 0.332. The lowest BCUT2D eigenvalue weighted by atomic mass is 10.0. The lowest BCUT2D eigenvalue weighted by Crippen LogP contribution is -2.31. The van der Waals surface area contributed by atoms with Crippen LogP contribution in [0.1, 0.15) is 59.2 Å². The monoisotopic (exact) mass is 354 g/mol. The van der Waals surface area contributed by atoms with E-state index in [-0.39, 0.29) is 24.3 Å². The van der Waals surface area contributed by atoms with Crippen molar-refractivity contribution in [3.63, 3.8) is 0 Å². The lowest BCUT2D eigenvalue weighted by Gasteiger charge is -2.23. The third-order valence-electron chi connectivity index (χ3n) is 3.86. The normalized spacial score (nSPS) is 13.2. The van der Waals surface area contributed by atoms with Crippen molar-refractivity contribution in [3.8, 4) is 0 Å². The van der Waals surface area contributed by atoms with E-state index in [0.29, 0.717) is 32.1 Å². The minimum absolute atomic E-state index is 0.0567. The van der Waals surface area contributed by atoms with Crippen molar-refractivity contribution in [3.05, 3.63) is 35.4 Å². The number of aromatic carboxylic acids is 1. The molecule has 7 nitrogen and oxygen atoms in total. The number of benzene rings is 1. The SMILES string of the molecule is O=C(O)c1ccc(C(=O)OC(CCCCCO)C(O)CCCO)cc1. The Bertz CT molecular complexity index is 527. The first kappa shape index (κ1) is 21.1. The number of rotatable bonds is 12. The fourth-order valence-electron chi connectivity index (χ4n) is 2.40. The fourth-order valence-corrected chi connectivity index (χ4v) is 2.40. The molecule has 0 amide bonds. The molecular formula is C18H26O7. The van der Waals surface area contributed by atoms with Gasteiger partial charge in [0.15, 0.2) is 0 Å². The Morgan fingerprint density at radius 3 is 2.04 bits per heavy atom. The third kappa shape index (κ3) is 7.64. The van der Waals surface area contributed by atoms with Gasteiger partial charge in [-0.25, -0.2) is 9.59 Å². The van der Waals surface area contributed by atoms with Crippen LogP contribution in [0.2, 0.25) is 0 Å². The van der Waals surface area contributed by atoms with Gasteiger partial charge >= 0.3 is 11.9 Å². The molecular weight excluding hydrogens is 328 g/mol. The molecule has 7 heteroatoms.